The van der Waals surface area contributed by atoms with Crippen molar-refractivity contribution < 1.29 is 14.3 Å². The van der Waals surface area contributed by atoms with E-state index in [9.17, 15) is 9.59 Å². The highest BCUT2D eigenvalue weighted by Gasteiger charge is 2.14. The molecule has 1 aromatic heterocycles. The quantitative estimate of drug-likeness (QED) is 0.147. The lowest BCUT2D eigenvalue weighted by atomic mass is 9.93. The third-order valence-corrected chi connectivity index (χ3v) is 7.83. The summed E-state index contributed by atoms with van der Waals surface area (Å²) < 4.78 is 5.20. The summed E-state index contributed by atoms with van der Waals surface area (Å²) in [5, 5.41) is 3.80. The number of aliphatic imine (C=N–C) groups is 1. The molecular weight excluding hydrogens is 538 g/mol. The van der Waals surface area contributed by atoms with Crippen LogP contribution in [0.25, 0.3) is 10.9 Å². The average Bonchev–Trinajstić information content (AvgIpc) is 3.04. The number of nitrogens with one attached hydrogen (secondary N) is 1. The minimum atomic E-state index is -0.518. The van der Waals surface area contributed by atoms with Crippen molar-refractivity contribution in [3.05, 3.63) is 107 Å². The molecule has 1 atom stereocenters. The highest BCUT2D eigenvalue weighted by molar-refractivity contribution is 6.05. The maximum atomic E-state index is 12.9. The van der Waals surface area contributed by atoms with E-state index in [1.54, 1.807) is 49.1 Å². The van der Waals surface area contributed by atoms with E-state index in [0.29, 0.717) is 34.5 Å². The number of hydrogen-bond acceptors (Lipinski definition) is 6. The molecule has 1 unspecified atom stereocenters. The average molecular weight is 576 g/mol. The first-order valence-electron chi connectivity index (χ1n) is 14.8. The molecule has 220 valence electrons. The fraction of sp³-hybridized carbons (Fsp3) is 0.286. The molecule has 1 fully saturated rings. The third kappa shape index (κ3) is 7.71. The molecule has 3 N–H and O–H groups in total. The van der Waals surface area contributed by atoms with Crippen LogP contribution in [-0.4, -0.2) is 35.1 Å². The molecule has 1 aliphatic carbocycles. The summed E-state index contributed by atoms with van der Waals surface area (Å²) in [5.41, 5.74) is 11.1. The van der Waals surface area contributed by atoms with Crippen molar-refractivity contribution in [2.75, 3.05) is 12.4 Å². The summed E-state index contributed by atoms with van der Waals surface area (Å²) >= 11 is 0. The summed E-state index contributed by atoms with van der Waals surface area (Å²) in [7, 11) is 1.60. The maximum absolute atomic E-state index is 12.9. The zero-order valence-corrected chi connectivity index (χ0v) is 24.5. The van der Waals surface area contributed by atoms with E-state index in [1.165, 1.54) is 38.4 Å². The van der Waals surface area contributed by atoms with Gasteiger partial charge >= 0.3 is 0 Å². The predicted octanol–water partition coefficient (Wildman–Crippen LogP) is 7.01. The molecule has 0 saturated heterocycles. The van der Waals surface area contributed by atoms with Gasteiger partial charge in [0, 0.05) is 29.3 Å². The van der Waals surface area contributed by atoms with Crippen LogP contribution >= 0.6 is 0 Å². The Morgan fingerprint density at radius 3 is 2.58 bits per heavy atom. The molecular formula is C35H37N5O3. The Morgan fingerprint density at radius 2 is 1.81 bits per heavy atom. The number of anilines is 1. The topological polar surface area (TPSA) is 120 Å². The van der Waals surface area contributed by atoms with Crippen LogP contribution in [0.4, 0.5) is 5.69 Å². The molecule has 0 aliphatic heterocycles. The highest BCUT2D eigenvalue weighted by Crippen LogP contribution is 2.29. The van der Waals surface area contributed by atoms with Gasteiger partial charge in [0.15, 0.2) is 0 Å². The number of primary amides is 1. The predicted molar refractivity (Wildman–Crippen MR) is 171 cm³/mol. The van der Waals surface area contributed by atoms with Crippen LogP contribution in [0.5, 0.6) is 5.75 Å². The third-order valence-electron chi connectivity index (χ3n) is 7.83. The number of allylic oxidation sites excluding steroid dienone is 2. The zero-order chi connectivity index (χ0) is 30.0. The summed E-state index contributed by atoms with van der Waals surface area (Å²) in [6.07, 6.45) is 14.2. The first-order chi connectivity index (χ1) is 21.0. The normalized spacial score (nSPS) is 14.0. The van der Waals surface area contributed by atoms with Crippen LogP contribution in [0.3, 0.4) is 0 Å². The number of rotatable bonds is 11. The van der Waals surface area contributed by atoms with E-state index in [4.69, 9.17) is 15.5 Å². The number of benzene rings is 3. The van der Waals surface area contributed by atoms with Gasteiger partial charge in [0.1, 0.15) is 12.1 Å². The van der Waals surface area contributed by atoms with Gasteiger partial charge in [-0.3, -0.25) is 14.6 Å². The number of para-hydroxylation sites is 1. The standard InChI is InChI=1S/C35H37N5O3/c1-43-28-18-16-25(17-19-28)35(42)40-27-12-6-11-26(22-27)31(15-5-10-24-8-3-2-4-9-24)37-21-20-32-29-13-7-14-30(34(36)41)33(29)39-23-38-32/h6-7,10-14,16-19,21-23,31H,2-5,8-9,15,20H2,1H3,(H2,36,41)(H,40,42). The lowest BCUT2D eigenvalue weighted by Crippen LogP contribution is -2.12. The number of ether oxygens (including phenoxy) is 1. The molecule has 1 heterocycles. The molecule has 8 nitrogen and oxygen atoms in total. The highest BCUT2D eigenvalue weighted by atomic mass is 16.5. The molecule has 0 radical (unpaired) electrons. The fourth-order valence-corrected chi connectivity index (χ4v) is 5.52. The zero-order valence-electron chi connectivity index (χ0n) is 24.5. The smallest absolute Gasteiger partial charge is 0.255 e. The van der Waals surface area contributed by atoms with Crippen molar-refractivity contribution in [2.45, 2.75) is 57.4 Å². The summed E-state index contributed by atoms with van der Waals surface area (Å²) in [4.78, 5) is 38.6. The number of aromatic nitrogens is 2. The molecule has 1 aliphatic rings. The molecule has 2 amide bonds. The number of amides is 2. The van der Waals surface area contributed by atoms with Gasteiger partial charge in [0.2, 0.25) is 0 Å². The van der Waals surface area contributed by atoms with E-state index in [-0.39, 0.29) is 11.9 Å². The van der Waals surface area contributed by atoms with Crippen molar-refractivity contribution in [2.24, 2.45) is 10.7 Å². The SMILES string of the molecule is COc1ccc(C(=O)Nc2cccc(C(CCC=C3CCCCC3)N=CCc3ncnc4c(C(N)=O)cccc34)c2)cc1. The first-order valence-corrected chi connectivity index (χ1v) is 14.8. The van der Waals surface area contributed by atoms with Gasteiger partial charge in [0.25, 0.3) is 11.8 Å². The number of fused-ring (bicyclic) bond motifs is 1. The monoisotopic (exact) mass is 575 g/mol. The number of methoxy groups -OCH3 is 1. The van der Waals surface area contributed by atoms with Gasteiger partial charge in [-0.25, -0.2) is 9.97 Å². The van der Waals surface area contributed by atoms with Crippen molar-refractivity contribution in [3.8, 4) is 5.75 Å². The second kappa shape index (κ2) is 14.4. The number of carbonyl (C=O) groups excluding carboxylic acids is 2. The van der Waals surface area contributed by atoms with E-state index < -0.39 is 5.91 Å². The summed E-state index contributed by atoms with van der Waals surface area (Å²) in [5.74, 6) is -0.00592. The number of hydrogen-bond donors (Lipinski definition) is 2. The second-order valence-corrected chi connectivity index (χ2v) is 10.7. The number of carbonyl (C=O) groups is 2. The molecule has 3 aromatic carbocycles. The second-order valence-electron chi connectivity index (χ2n) is 10.7. The Morgan fingerprint density at radius 1 is 1.02 bits per heavy atom. The van der Waals surface area contributed by atoms with E-state index in [0.717, 1.165) is 29.5 Å². The molecule has 4 aromatic rings. The molecule has 8 heteroatoms. The van der Waals surface area contributed by atoms with Gasteiger partial charge in [-0.15, -0.1) is 0 Å². The Hall–Kier alpha value is -4.85. The van der Waals surface area contributed by atoms with E-state index in [1.807, 2.05) is 30.5 Å². The van der Waals surface area contributed by atoms with Gasteiger partial charge in [-0.1, -0.05) is 42.3 Å². The van der Waals surface area contributed by atoms with Crippen molar-refractivity contribution in [3.63, 3.8) is 0 Å². The summed E-state index contributed by atoms with van der Waals surface area (Å²) in [6, 6.07) is 20.2. The molecule has 1 saturated carbocycles. The van der Waals surface area contributed by atoms with Gasteiger partial charge in [-0.2, -0.15) is 0 Å². The van der Waals surface area contributed by atoms with Crippen LogP contribution in [0.15, 0.2) is 89.7 Å². The lowest BCUT2D eigenvalue weighted by molar-refractivity contribution is 0.0998. The van der Waals surface area contributed by atoms with Crippen molar-refractivity contribution in [1.82, 2.24) is 9.97 Å². The lowest BCUT2D eigenvalue weighted by Gasteiger charge is -2.16. The van der Waals surface area contributed by atoms with Crippen molar-refractivity contribution in [1.29, 1.82) is 0 Å². The number of nitrogens with two attached hydrogens (primary N) is 1. The van der Waals surface area contributed by atoms with Crippen LogP contribution in [0, 0.1) is 0 Å². The Labute approximate surface area is 252 Å². The maximum Gasteiger partial charge on any atom is 0.255 e. The largest absolute Gasteiger partial charge is 0.497 e. The Bertz CT molecular complexity index is 1640. The van der Waals surface area contributed by atoms with Crippen LogP contribution in [0.1, 0.15) is 83.0 Å². The molecule has 0 bridgehead atoms. The van der Waals surface area contributed by atoms with Crippen LogP contribution in [-0.2, 0) is 6.42 Å². The van der Waals surface area contributed by atoms with E-state index in [2.05, 4.69) is 27.4 Å². The summed E-state index contributed by atoms with van der Waals surface area (Å²) in [6.45, 7) is 0. The van der Waals surface area contributed by atoms with E-state index >= 15 is 0 Å². The molecule has 0 spiro atoms. The molecule has 43 heavy (non-hydrogen) atoms. The van der Waals surface area contributed by atoms with Crippen LogP contribution in [0.2, 0.25) is 0 Å². The Kier molecular flexibility index (Phi) is 9.90. The minimum Gasteiger partial charge on any atom is -0.497 e. The minimum absolute atomic E-state index is 0.104. The van der Waals surface area contributed by atoms with Crippen LogP contribution < -0.4 is 15.8 Å². The van der Waals surface area contributed by atoms with Crippen molar-refractivity contribution >= 4 is 34.6 Å². The Balaban J connectivity index is 1.36. The van der Waals surface area contributed by atoms with Gasteiger partial charge in [0.05, 0.1) is 29.9 Å². The van der Waals surface area contributed by atoms with Gasteiger partial charge in [-0.05, 0) is 86.6 Å². The fourth-order valence-electron chi connectivity index (χ4n) is 5.52. The number of nitrogens with zero attached hydrogens (tertiary/aromatic N) is 3. The van der Waals surface area contributed by atoms with Gasteiger partial charge < -0.3 is 15.8 Å². The first kappa shape index (κ1) is 29.6. The molecule has 5 rings (SSSR count).